The van der Waals surface area contributed by atoms with Crippen LogP contribution < -0.4 is 10.6 Å². The zero-order valence-electron chi connectivity index (χ0n) is 8.59. The molecule has 0 spiro atoms. The molecule has 0 fully saturated rings. The second kappa shape index (κ2) is 5.97. The number of hydrogen-bond acceptors (Lipinski definition) is 2. The summed E-state index contributed by atoms with van der Waals surface area (Å²) in [5.41, 5.74) is -0.162. The Bertz CT molecular complexity index is 394. The fraction of sp³-hybridized carbons (Fsp3) is 0.182. The molecule has 0 aliphatic heterocycles. The van der Waals surface area contributed by atoms with Gasteiger partial charge in [0.05, 0.1) is 12.2 Å². The van der Waals surface area contributed by atoms with E-state index in [0.29, 0.717) is 6.54 Å². The zero-order chi connectivity index (χ0) is 12.0. The van der Waals surface area contributed by atoms with Crippen molar-refractivity contribution in [2.24, 2.45) is 0 Å². The van der Waals surface area contributed by atoms with Gasteiger partial charge < -0.3 is 10.6 Å². The van der Waals surface area contributed by atoms with E-state index in [2.05, 4.69) is 17.2 Å². The lowest BCUT2D eigenvalue weighted by Gasteiger charge is -2.06. The average molecular weight is 226 g/mol. The number of carbonyl (C=O) groups excluding carboxylic acids is 1. The van der Waals surface area contributed by atoms with E-state index < -0.39 is 17.5 Å². The van der Waals surface area contributed by atoms with E-state index in [1.54, 1.807) is 6.08 Å². The molecule has 0 bridgehead atoms. The molecule has 0 radical (unpaired) electrons. The third-order valence-corrected chi connectivity index (χ3v) is 1.80. The molecule has 1 aromatic carbocycles. The van der Waals surface area contributed by atoms with Crippen molar-refractivity contribution in [3.8, 4) is 0 Å². The van der Waals surface area contributed by atoms with Crippen molar-refractivity contribution in [3.05, 3.63) is 42.5 Å². The SMILES string of the molecule is C=CCNCC(=O)Nc1cccc(F)c1F. The molecular weight excluding hydrogens is 214 g/mol. The maximum Gasteiger partial charge on any atom is 0.238 e. The van der Waals surface area contributed by atoms with Crippen LogP contribution in [0.4, 0.5) is 14.5 Å². The predicted octanol–water partition coefficient (Wildman–Crippen LogP) is 1.68. The largest absolute Gasteiger partial charge is 0.322 e. The molecule has 16 heavy (non-hydrogen) atoms. The number of amides is 1. The lowest BCUT2D eigenvalue weighted by Crippen LogP contribution is -2.28. The lowest BCUT2D eigenvalue weighted by molar-refractivity contribution is -0.115. The van der Waals surface area contributed by atoms with Crippen LogP contribution in [0.5, 0.6) is 0 Å². The molecule has 1 aromatic rings. The van der Waals surface area contributed by atoms with Crippen LogP contribution in [-0.2, 0) is 4.79 Å². The minimum Gasteiger partial charge on any atom is -0.322 e. The standard InChI is InChI=1S/C11H12F2N2O/c1-2-6-14-7-10(16)15-9-5-3-4-8(12)11(9)13/h2-5,14H,1,6-7H2,(H,15,16). The van der Waals surface area contributed by atoms with Crippen LogP contribution >= 0.6 is 0 Å². The summed E-state index contributed by atoms with van der Waals surface area (Å²) in [6, 6.07) is 3.61. The van der Waals surface area contributed by atoms with E-state index in [-0.39, 0.29) is 12.2 Å². The van der Waals surface area contributed by atoms with Crippen molar-refractivity contribution < 1.29 is 13.6 Å². The quantitative estimate of drug-likeness (QED) is 0.592. The summed E-state index contributed by atoms with van der Waals surface area (Å²) < 4.78 is 25.9. The first kappa shape index (κ1) is 12.3. The van der Waals surface area contributed by atoms with Gasteiger partial charge in [-0.15, -0.1) is 6.58 Å². The topological polar surface area (TPSA) is 41.1 Å². The van der Waals surface area contributed by atoms with Gasteiger partial charge in [0, 0.05) is 6.54 Å². The molecule has 0 heterocycles. The Morgan fingerprint density at radius 1 is 1.44 bits per heavy atom. The Balaban J connectivity index is 2.56. The summed E-state index contributed by atoms with van der Waals surface area (Å²) in [5, 5.41) is 5.00. The van der Waals surface area contributed by atoms with Crippen LogP contribution in [0.25, 0.3) is 0 Å². The number of rotatable bonds is 5. The van der Waals surface area contributed by atoms with Crippen LogP contribution in [0.2, 0.25) is 0 Å². The minimum absolute atomic E-state index is 0.0158. The lowest BCUT2D eigenvalue weighted by atomic mass is 10.3. The van der Waals surface area contributed by atoms with Crippen molar-refractivity contribution >= 4 is 11.6 Å². The number of benzene rings is 1. The van der Waals surface area contributed by atoms with Crippen molar-refractivity contribution in [2.75, 3.05) is 18.4 Å². The van der Waals surface area contributed by atoms with Gasteiger partial charge in [-0.05, 0) is 12.1 Å². The highest BCUT2D eigenvalue weighted by molar-refractivity contribution is 5.92. The first-order valence-electron chi connectivity index (χ1n) is 4.70. The Labute approximate surface area is 92.2 Å². The van der Waals surface area contributed by atoms with E-state index >= 15 is 0 Å². The van der Waals surface area contributed by atoms with Gasteiger partial charge in [-0.3, -0.25) is 4.79 Å². The van der Waals surface area contributed by atoms with Crippen molar-refractivity contribution in [3.63, 3.8) is 0 Å². The number of halogens is 2. The van der Waals surface area contributed by atoms with Gasteiger partial charge in [-0.1, -0.05) is 12.1 Å². The van der Waals surface area contributed by atoms with Crippen LogP contribution in [0, 0.1) is 11.6 Å². The molecule has 5 heteroatoms. The van der Waals surface area contributed by atoms with Crippen LogP contribution in [0.15, 0.2) is 30.9 Å². The second-order valence-corrected chi connectivity index (χ2v) is 3.07. The van der Waals surface area contributed by atoms with Gasteiger partial charge in [0.2, 0.25) is 5.91 Å². The van der Waals surface area contributed by atoms with Gasteiger partial charge >= 0.3 is 0 Å². The van der Waals surface area contributed by atoms with E-state index in [0.717, 1.165) is 6.07 Å². The molecule has 1 amide bonds. The highest BCUT2D eigenvalue weighted by atomic mass is 19.2. The number of nitrogens with one attached hydrogen (secondary N) is 2. The monoisotopic (exact) mass is 226 g/mol. The van der Waals surface area contributed by atoms with Crippen molar-refractivity contribution in [1.29, 1.82) is 0 Å². The molecule has 86 valence electrons. The maximum absolute atomic E-state index is 13.1. The Kier molecular flexibility index (Phi) is 4.60. The molecule has 0 saturated carbocycles. The maximum atomic E-state index is 13.1. The number of anilines is 1. The van der Waals surface area contributed by atoms with Crippen molar-refractivity contribution in [2.45, 2.75) is 0 Å². The van der Waals surface area contributed by atoms with Crippen LogP contribution in [0.3, 0.4) is 0 Å². The van der Waals surface area contributed by atoms with E-state index in [1.807, 2.05) is 0 Å². The minimum atomic E-state index is -1.06. The smallest absolute Gasteiger partial charge is 0.238 e. The second-order valence-electron chi connectivity index (χ2n) is 3.07. The molecule has 3 nitrogen and oxygen atoms in total. The summed E-state index contributed by atoms with van der Waals surface area (Å²) in [6.45, 7) is 3.95. The third kappa shape index (κ3) is 3.43. The molecular formula is C11H12F2N2O. The highest BCUT2D eigenvalue weighted by Crippen LogP contribution is 2.15. The van der Waals surface area contributed by atoms with E-state index in [4.69, 9.17) is 0 Å². The summed E-state index contributed by atoms with van der Waals surface area (Å²) in [6.07, 6.45) is 1.59. The highest BCUT2D eigenvalue weighted by Gasteiger charge is 2.09. The normalized spacial score (nSPS) is 9.88. The Morgan fingerprint density at radius 3 is 2.88 bits per heavy atom. The molecule has 1 rings (SSSR count). The van der Waals surface area contributed by atoms with Crippen LogP contribution in [-0.4, -0.2) is 19.0 Å². The Morgan fingerprint density at radius 2 is 2.19 bits per heavy atom. The molecule has 0 aliphatic carbocycles. The summed E-state index contributed by atoms with van der Waals surface area (Å²) in [4.78, 5) is 11.3. The van der Waals surface area contributed by atoms with Crippen LogP contribution in [0.1, 0.15) is 0 Å². The summed E-state index contributed by atoms with van der Waals surface area (Å²) >= 11 is 0. The average Bonchev–Trinajstić information content (AvgIpc) is 2.25. The molecule has 0 atom stereocenters. The molecule has 2 N–H and O–H groups in total. The summed E-state index contributed by atoms with van der Waals surface area (Å²) in [5.74, 6) is -2.48. The van der Waals surface area contributed by atoms with E-state index in [1.165, 1.54) is 12.1 Å². The van der Waals surface area contributed by atoms with Gasteiger partial charge in [0.15, 0.2) is 11.6 Å². The first-order chi connectivity index (χ1) is 7.65. The molecule has 0 unspecified atom stereocenters. The predicted molar refractivity (Wildman–Crippen MR) is 58.1 cm³/mol. The zero-order valence-corrected chi connectivity index (χ0v) is 8.59. The summed E-state index contributed by atoms with van der Waals surface area (Å²) in [7, 11) is 0. The van der Waals surface area contributed by atoms with Gasteiger partial charge in [-0.2, -0.15) is 0 Å². The first-order valence-corrected chi connectivity index (χ1v) is 4.70. The molecule has 0 aliphatic rings. The number of hydrogen-bond donors (Lipinski definition) is 2. The van der Waals surface area contributed by atoms with Gasteiger partial charge in [0.1, 0.15) is 0 Å². The fourth-order valence-corrected chi connectivity index (χ4v) is 1.08. The van der Waals surface area contributed by atoms with E-state index in [9.17, 15) is 13.6 Å². The van der Waals surface area contributed by atoms with Gasteiger partial charge in [-0.25, -0.2) is 8.78 Å². The number of carbonyl (C=O) groups is 1. The molecule has 0 saturated heterocycles. The molecule has 0 aromatic heterocycles. The Hall–Kier alpha value is -1.75. The van der Waals surface area contributed by atoms with Gasteiger partial charge in [0.25, 0.3) is 0 Å². The fourth-order valence-electron chi connectivity index (χ4n) is 1.08. The van der Waals surface area contributed by atoms with Crippen molar-refractivity contribution in [1.82, 2.24) is 5.32 Å². The third-order valence-electron chi connectivity index (χ3n) is 1.80.